The number of ether oxygens (including phenoxy) is 3. The van der Waals surface area contributed by atoms with Gasteiger partial charge in [-0.15, -0.1) is 0 Å². The van der Waals surface area contributed by atoms with Crippen LogP contribution in [0.25, 0.3) is 10.9 Å². The van der Waals surface area contributed by atoms with Gasteiger partial charge in [0.15, 0.2) is 11.5 Å². The van der Waals surface area contributed by atoms with E-state index in [1.54, 1.807) is 36.3 Å². The van der Waals surface area contributed by atoms with E-state index in [0.717, 1.165) is 39.3 Å². The quantitative estimate of drug-likeness (QED) is 0.329. The van der Waals surface area contributed by atoms with Gasteiger partial charge >= 0.3 is 12.0 Å². The Kier molecular flexibility index (Phi) is 9.99. The van der Waals surface area contributed by atoms with Gasteiger partial charge in [0.2, 0.25) is 0 Å². The third kappa shape index (κ3) is 6.96. The number of pyridine rings is 1. The van der Waals surface area contributed by atoms with E-state index in [4.69, 9.17) is 24.5 Å². The first kappa shape index (κ1) is 30.8. The van der Waals surface area contributed by atoms with E-state index in [9.17, 15) is 14.7 Å². The van der Waals surface area contributed by atoms with E-state index >= 15 is 0 Å². The van der Waals surface area contributed by atoms with Gasteiger partial charge in [0.1, 0.15) is 5.56 Å². The predicted molar refractivity (Wildman–Crippen MR) is 166 cm³/mol. The molecule has 0 spiro atoms. The number of aromatic carboxylic acids is 1. The molecule has 12 heteroatoms. The number of urea groups is 1. The molecular weight excluding hydrogens is 564 g/mol. The van der Waals surface area contributed by atoms with E-state index in [1.807, 2.05) is 24.0 Å². The molecule has 0 saturated carbocycles. The number of rotatable bonds is 10. The summed E-state index contributed by atoms with van der Waals surface area (Å²) in [5.41, 5.74) is 2.97. The molecule has 232 valence electrons. The number of carbonyl (C=O) groups excluding carboxylic acids is 1. The van der Waals surface area contributed by atoms with Crippen LogP contribution in [0.5, 0.6) is 11.5 Å². The topological polar surface area (TPSA) is 140 Å². The van der Waals surface area contributed by atoms with Gasteiger partial charge in [-0.05, 0) is 43.2 Å². The van der Waals surface area contributed by atoms with Crippen molar-refractivity contribution >= 4 is 34.3 Å². The summed E-state index contributed by atoms with van der Waals surface area (Å²) in [4.78, 5) is 36.4. The maximum atomic E-state index is 13.0. The molecule has 5 rings (SSSR count). The van der Waals surface area contributed by atoms with Crippen LogP contribution in [-0.2, 0) is 11.2 Å². The molecule has 12 nitrogen and oxygen atoms in total. The van der Waals surface area contributed by atoms with Crippen molar-refractivity contribution in [2.45, 2.75) is 19.8 Å². The standard InChI is InChI=1S/C32H38N6O6/c1-3-25-29(31(39)40)30(37-10-12-38(13-11-37)32(41)34-23-7-5-22(21-33)6-8-23)24-19-27(42-2)28(20-26(24)35-25)44-16-4-9-36-14-17-43-18-15-36/h5-8,19-20H,3-4,9-18H2,1-2H3,(H,34,41)(H,39,40). The van der Waals surface area contributed by atoms with Gasteiger partial charge in [-0.2, -0.15) is 5.26 Å². The normalized spacial score (nSPS) is 15.6. The van der Waals surface area contributed by atoms with Crippen LogP contribution in [0.1, 0.15) is 35.0 Å². The Balaban J connectivity index is 1.35. The second-order valence-corrected chi connectivity index (χ2v) is 10.7. The van der Waals surface area contributed by atoms with Crippen LogP contribution in [0.2, 0.25) is 0 Å². The molecule has 0 radical (unpaired) electrons. The minimum absolute atomic E-state index is 0.164. The number of hydrogen-bond acceptors (Lipinski definition) is 9. The molecule has 3 heterocycles. The number of nitriles is 1. The van der Waals surface area contributed by atoms with Crippen molar-refractivity contribution in [2.24, 2.45) is 0 Å². The summed E-state index contributed by atoms with van der Waals surface area (Å²) in [6.07, 6.45) is 1.29. The Bertz CT molecular complexity index is 1530. The summed E-state index contributed by atoms with van der Waals surface area (Å²) in [6.45, 7) is 8.34. The molecule has 1 aromatic heterocycles. The highest BCUT2D eigenvalue weighted by molar-refractivity contribution is 6.06. The number of fused-ring (bicyclic) bond motifs is 1. The van der Waals surface area contributed by atoms with Gasteiger partial charge < -0.3 is 34.4 Å². The van der Waals surface area contributed by atoms with Crippen LogP contribution < -0.4 is 19.7 Å². The van der Waals surface area contributed by atoms with Gasteiger partial charge in [0, 0.05) is 63.0 Å². The number of methoxy groups -OCH3 is 1. The number of aryl methyl sites for hydroxylation is 1. The molecule has 0 unspecified atom stereocenters. The number of piperazine rings is 1. The lowest BCUT2D eigenvalue weighted by molar-refractivity contribution is 0.0357. The van der Waals surface area contributed by atoms with Crippen molar-refractivity contribution in [3.8, 4) is 17.6 Å². The van der Waals surface area contributed by atoms with Crippen LogP contribution in [0, 0.1) is 11.3 Å². The lowest BCUT2D eigenvalue weighted by Crippen LogP contribution is -2.50. The van der Waals surface area contributed by atoms with E-state index in [-0.39, 0.29) is 11.6 Å². The summed E-state index contributed by atoms with van der Waals surface area (Å²) in [6, 6.07) is 12.1. The zero-order chi connectivity index (χ0) is 31.1. The van der Waals surface area contributed by atoms with Crippen molar-refractivity contribution in [3.05, 3.63) is 53.2 Å². The van der Waals surface area contributed by atoms with Gasteiger partial charge in [0.05, 0.1) is 55.5 Å². The van der Waals surface area contributed by atoms with Gasteiger partial charge in [-0.3, -0.25) is 9.88 Å². The molecule has 2 aromatic carbocycles. The molecule has 0 bridgehead atoms. The fourth-order valence-electron chi connectivity index (χ4n) is 5.64. The second-order valence-electron chi connectivity index (χ2n) is 10.7. The first-order valence-corrected chi connectivity index (χ1v) is 14.9. The number of carbonyl (C=O) groups is 2. The number of aromatic nitrogens is 1. The van der Waals surface area contributed by atoms with Gasteiger partial charge in [0.25, 0.3) is 0 Å². The Hall–Kier alpha value is -4.60. The first-order valence-electron chi connectivity index (χ1n) is 14.9. The molecule has 2 aliphatic heterocycles. The maximum absolute atomic E-state index is 13.0. The molecular formula is C32H38N6O6. The predicted octanol–water partition coefficient (Wildman–Crippen LogP) is 3.83. The molecule has 0 atom stereocenters. The number of morpholine rings is 1. The number of benzene rings is 2. The summed E-state index contributed by atoms with van der Waals surface area (Å²) in [7, 11) is 1.57. The summed E-state index contributed by atoms with van der Waals surface area (Å²) in [5, 5.41) is 22.8. The third-order valence-electron chi connectivity index (χ3n) is 7.99. The lowest BCUT2D eigenvalue weighted by atomic mass is 10.0. The minimum atomic E-state index is -1.05. The number of hydrogen-bond donors (Lipinski definition) is 2. The summed E-state index contributed by atoms with van der Waals surface area (Å²) >= 11 is 0. The van der Waals surface area contributed by atoms with Crippen LogP contribution in [0.4, 0.5) is 16.2 Å². The van der Waals surface area contributed by atoms with E-state index in [2.05, 4.69) is 16.3 Å². The van der Waals surface area contributed by atoms with E-state index in [0.29, 0.717) is 84.2 Å². The van der Waals surface area contributed by atoms with Crippen molar-refractivity contribution in [2.75, 3.05) is 83.0 Å². The fraction of sp³-hybridized carbons (Fsp3) is 0.438. The molecule has 2 N–H and O–H groups in total. The molecule has 2 aliphatic rings. The van der Waals surface area contributed by atoms with Crippen LogP contribution in [-0.4, -0.2) is 105 Å². The second kappa shape index (κ2) is 14.2. The van der Waals surface area contributed by atoms with E-state index in [1.165, 1.54) is 0 Å². The molecule has 2 fully saturated rings. The Morgan fingerprint density at radius 3 is 2.43 bits per heavy atom. The van der Waals surface area contributed by atoms with Crippen molar-refractivity contribution < 1.29 is 28.9 Å². The van der Waals surface area contributed by atoms with Gasteiger partial charge in [-0.1, -0.05) is 6.92 Å². The van der Waals surface area contributed by atoms with Crippen LogP contribution in [0.3, 0.4) is 0 Å². The van der Waals surface area contributed by atoms with Crippen molar-refractivity contribution in [3.63, 3.8) is 0 Å². The third-order valence-corrected chi connectivity index (χ3v) is 7.99. The maximum Gasteiger partial charge on any atom is 0.339 e. The van der Waals surface area contributed by atoms with E-state index < -0.39 is 5.97 Å². The highest BCUT2D eigenvalue weighted by Gasteiger charge is 2.29. The number of nitrogens with one attached hydrogen (secondary N) is 1. The van der Waals surface area contributed by atoms with Crippen LogP contribution in [0.15, 0.2) is 36.4 Å². The van der Waals surface area contributed by atoms with Crippen molar-refractivity contribution in [1.29, 1.82) is 5.26 Å². The zero-order valence-electron chi connectivity index (χ0n) is 25.2. The number of amides is 2. The molecule has 44 heavy (non-hydrogen) atoms. The SMILES string of the molecule is CCc1nc2cc(OCCCN3CCOCC3)c(OC)cc2c(N2CCN(C(=O)Nc3ccc(C#N)cc3)CC2)c1C(=O)O. The zero-order valence-corrected chi connectivity index (χ0v) is 25.2. The summed E-state index contributed by atoms with van der Waals surface area (Å²) < 4.78 is 17.3. The number of carboxylic acids is 1. The average molecular weight is 603 g/mol. The molecule has 3 aromatic rings. The number of nitrogens with zero attached hydrogens (tertiary/aromatic N) is 5. The molecule has 0 aliphatic carbocycles. The lowest BCUT2D eigenvalue weighted by Gasteiger charge is -2.37. The highest BCUT2D eigenvalue weighted by Crippen LogP contribution is 2.39. The largest absolute Gasteiger partial charge is 0.493 e. The van der Waals surface area contributed by atoms with Gasteiger partial charge in [-0.25, -0.2) is 9.59 Å². The Labute approximate surface area is 256 Å². The summed E-state index contributed by atoms with van der Waals surface area (Å²) in [5.74, 6) is 0.0254. The monoisotopic (exact) mass is 602 g/mol. The average Bonchev–Trinajstić information content (AvgIpc) is 3.06. The molecule has 2 amide bonds. The number of anilines is 2. The highest BCUT2D eigenvalue weighted by atomic mass is 16.5. The smallest absolute Gasteiger partial charge is 0.339 e. The van der Waals surface area contributed by atoms with Crippen molar-refractivity contribution in [1.82, 2.24) is 14.8 Å². The fourth-order valence-corrected chi connectivity index (χ4v) is 5.64. The Morgan fingerprint density at radius 1 is 1.07 bits per heavy atom. The minimum Gasteiger partial charge on any atom is -0.493 e. The first-order chi connectivity index (χ1) is 21.4. The van der Waals surface area contributed by atoms with Crippen LogP contribution >= 0.6 is 0 Å². The molecule has 2 saturated heterocycles. The Morgan fingerprint density at radius 2 is 1.80 bits per heavy atom. The number of carboxylic acid groups (broad SMARTS) is 1.